The number of likely N-dealkylation sites (tertiary alicyclic amines) is 1. The quantitative estimate of drug-likeness (QED) is 0.687. The van der Waals surface area contributed by atoms with Crippen LogP contribution in [0.5, 0.6) is 0 Å². The molecule has 1 saturated heterocycles. The van der Waals surface area contributed by atoms with Gasteiger partial charge in [0.1, 0.15) is 5.01 Å². The SMILES string of the molecule is CN(C)CC(=O)N1CCC(c2[nH]ncc2-c2csc(CNC(=O)O)n2)CC1. The first-order valence-corrected chi connectivity index (χ1v) is 9.69. The van der Waals surface area contributed by atoms with Gasteiger partial charge in [-0.15, -0.1) is 11.3 Å². The molecule has 2 aromatic heterocycles. The molecule has 9 nitrogen and oxygen atoms in total. The number of hydrogen-bond donors (Lipinski definition) is 3. The molecule has 2 aromatic rings. The first kappa shape index (κ1) is 19.3. The number of likely N-dealkylation sites (N-methyl/N-ethyl adjacent to an activating group) is 1. The number of hydrogen-bond acceptors (Lipinski definition) is 6. The van der Waals surface area contributed by atoms with Gasteiger partial charge in [-0.25, -0.2) is 9.78 Å². The number of piperidine rings is 1. The normalized spacial score (nSPS) is 15.3. The van der Waals surface area contributed by atoms with Crippen molar-refractivity contribution in [3.8, 4) is 11.3 Å². The van der Waals surface area contributed by atoms with Gasteiger partial charge in [0, 0.05) is 35.6 Å². The third-order valence-electron chi connectivity index (χ3n) is 4.59. The third-order valence-corrected chi connectivity index (χ3v) is 5.44. The van der Waals surface area contributed by atoms with E-state index in [4.69, 9.17) is 5.11 Å². The van der Waals surface area contributed by atoms with E-state index in [9.17, 15) is 9.59 Å². The van der Waals surface area contributed by atoms with Gasteiger partial charge in [0.25, 0.3) is 0 Å². The number of rotatable bonds is 6. The van der Waals surface area contributed by atoms with E-state index in [0.717, 1.165) is 42.9 Å². The first-order valence-electron chi connectivity index (χ1n) is 8.81. The number of H-pyrrole nitrogens is 1. The second-order valence-electron chi connectivity index (χ2n) is 6.88. The van der Waals surface area contributed by atoms with Crippen molar-refractivity contribution in [1.82, 2.24) is 30.3 Å². The summed E-state index contributed by atoms with van der Waals surface area (Å²) >= 11 is 1.42. The average molecular weight is 392 g/mol. The van der Waals surface area contributed by atoms with Crippen LogP contribution < -0.4 is 5.32 Å². The number of aromatic nitrogens is 3. The van der Waals surface area contributed by atoms with Crippen LogP contribution >= 0.6 is 11.3 Å². The van der Waals surface area contributed by atoms with Gasteiger partial charge in [-0.3, -0.25) is 9.89 Å². The van der Waals surface area contributed by atoms with Gasteiger partial charge in [0.15, 0.2) is 0 Å². The highest BCUT2D eigenvalue weighted by molar-refractivity contribution is 7.09. The summed E-state index contributed by atoms with van der Waals surface area (Å²) in [6.45, 7) is 2.10. The van der Waals surface area contributed by atoms with Gasteiger partial charge in [0.05, 0.1) is 25.0 Å². The Kier molecular flexibility index (Phi) is 6.07. The predicted molar refractivity (Wildman–Crippen MR) is 102 cm³/mol. The van der Waals surface area contributed by atoms with Gasteiger partial charge in [-0.05, 0) is 26.9 Å². The van der Waals surface area contributed by atoms with Crippen molar-refractivity contribution >= 4 is 23.3 Å². The molecule has 0 radical (unpaired) electrons. The van der Waals surface area contributed by atoms with Crippen LogP contribution in [0.25, 0.3) is 11.3 Å². The van der Waals surface area contributed by atoms with Crippen LogP contribution in [0.1, 0.15) is 29.5 Å². The van der Waals surface area contributed by atoms with Gasteiger partial charge >= 0.3 is 6.09 Å². The molecule has 2 amide bonds. The zero-order chi connectivity index (χ0) is 19.4. The van der Waals surface area contributed by atoms with Crippen molar-refractivity contribution in [2.24, 2.45) is 0 Å². The van der Waals surface area contributed by atoms with Crippen LogP contribution in [0.15, 0.2) is 11.6 Å². The Labute approximate surface area is 161 Å². The maximum absolute atomic E-state index is 12.2. The number of amides is 2. The van der Waals surface area contributed by atoms with E-state index >= 15 is 0 Å². The Morgan fingerprint density at radius 1 is 1.41 bits per heavy atom. The van der Waals surface area contributed by atoms with Gasteiger partial charge in [0.2, 0.25) is 5.91 Å². The largest absolute Gasteiger partial charge is 0.465 e. The second-order valence-corrected chi connectivity index (χ2v) is 7.82. The lowest BCUT2D eigenvalue weighted by atomic mass is 9.91. The fourth-order valence-corrected chi connectivity index (χ4v) is 4.00. The second kappa shape index (κ2) is 8.49. The predicted octanol–water partition coefficient (Wildman–Crippen LogP) is 1.57. The molecule has 3 rings (SSSR count). The Bertz CT molecular complexity index is 794. The molecule has 0 unspecified atom stereocenters. The van der Waals surface area contributed by atoms with Crippen LogP contribution in [0, 0.1) is 0 Å². The highest BCUT2D eigenvalue weighted by Crippen LogP contribution is 2.34. The van der Waals surface area contributed by atoms with Crippen molar-refractivity contribution in [2.45, 2.75) is 25.3 Å². The van der Waals surface area contributed by atoms with Gasteiger partial charge in [-0.1, -0.05) is 0 Å². The zero-order valence-corrected chi connectivity index (χ0v) is 16.3. The fraction of sp³-hybridized carbons (Fsp3) is 0.529. The molecular weight excluding hydrogens is 368 g/mol. The molecule has 0 aromatic carbocycles. The number of thiazole rings is 1. The Morgan fingerprint density at radius 3 is 2.81 bits per heavy atom. The van der Waals surface area contributed by atoms with Crippen LogP contribution in [-0.2, 0) is 11.3 Å². The lowest BCUT2D eigenvalue weighted by molar-refractivity contribution is -0.132. The molecule has 3 heterocycles. The summed E-state index contributed by atoms with van der Waals surface area (Å²) in [6.07, 6.45) is 2.46. The lowest BCUT2D eigenvalue weighted by Gasteiger charge is -2.32. The standard InChI is InChI=1S/C17H24N6O3S/c1-22(2)9-15(24)23-5-3-11(4-6-23)16-12(7-19-21-16)13-10-27-14(20-13)8-18-17(25)26/h7,10-11,18H,3-6,8-9H2,1-2H3,(H,19,21)(H,25,26). The monoisotopic (exact) mass is 392 g/mol. The average Bonchev–Trinajstić information content (AvgIpc) is 3.28. The van der Waals surface area contributed by atoms with Gasteiger partial charge < -0.3 is 20.2 Å². The highest BCUT2D eigenvalue weighted by atomic mass is 32.1. The van der Waals surface area contributed by atoms with Crippen molar-refractivity contribution in [1.29, 1.82) is 0 Å². The number of carboxylic acid groups (broad SMARTS) is 1. The summed E-state index contributed by atoms with van der Waals surface area (Å²) in [6, 6.07) is 0. The minimum Gasteiger partial charge on any atom is -0.465 e. The summed E-state index contributed by atoms with van der Waals surface area (Å²) in [7, 11) is 3.80. The number of carbonyl (C=O) groups is 2. The Hall–Kier alpha value is -2.46. The van der Waals surface area contributed by atoms with E-state index in [2.05, 4.69) is 20.5 Å². The van der Waals surface area contributed by atoms with E-state index in [1.54, 1.807) is 6.20 Å². The van der Waals surface area contributed by atoms with Crippen LogP contribution in [0.2, 0.25) is 0 Å². The number of nitrogens with zero attached hydrogens (tertiary/aromatic N) is 4. The van der Waals surface area contributed by atoms with Crippen LogP contribution in [0.4, 0.5) is 4.79 Å². The highest BCUT2D eigenvalue weighted by Gasteiger charge is 2.27. The molecule has 0 bridgehead atoms. The number of aromatic amines is 1. The molecule has 0 atom stereocenters. The summed E-state index contributed by atoms with van der Waals surface area (Å²) in [5.74, 6) is 0.464. The number of nitrogens with one attached hydrogen (secondary N) is 2. The molecule has 3 N–H and O–H groups in total. The Balaban J connectivity index is 1.64. The molecule has 1 aliphatic heterocycles. The van der Waals surface area contributed by atoms with E-state index in [-0.39, 0.29) is 12.5 Å². The smallest absolute Gasteiger partial charge is 0.405 e. The zero-order valence-electron chi connectivity index (χ0n) is 15.4. The molecule has 10 heteroatoms. The van der Waals surface area contributed by atoms with E-state index in [1.165, 1.54) is 11.3 Å². The molecule has 0 saturated carbocycles. The van der Waals surface area contributed by atoms with Crippen LogP contribution in [-0.4, -0.2) is 75.8 Å². The first-order chi connectivity index (χ1) is 12.9. The lowest BCUT2D eigenvalue weighted by Crippen LogP contribution is -2.42. The number of carbonyl (C=O) groups excluding carboxylic acids is 1. The van der Waals surface area contributed by atoms with Crippen molar-refractivity contribution in [2.75, 3.05) is 33.7 Å². The minimum atomic E-state index is -1.06. The molecule has 1 aliphatic rings. The topological polar surface area (TPSA) is 114 Å². The maximum atomic E-state index is 12.2. The maximum Gasteiger partial charge on any atom is 0.405 e. The Morgan fingerprint density at radius 2 is 2.15 bits per heavy atom. The summed E-state index contributed by atoms with van der Waals surface area (Å²) in [5, 5.41) is 21.0. The van der Waals surface area contributed by atoms with Crippen molar-refractivity contribution in [3.63, 3.8) is 0 Å². The van der Waals surface area contributed by atoms with Crippen LogP contribution in [0.3, 0.4) is 0 Å². The minimum absolute atomic E-state index is 0.165. The molecule has 0 spiro atoms. The van der Waals surface area contributed by atoms with E-state index in [1.807, 2.05) is 29.3 Å². The summed E-state index contributed by atoms with van der Waals surface area (Å²) in [5.41, 5.74) is 2.79. The van der Waals surface area contributed by atoms with Gasteiger partial charge in [-0.2, -0.15) is 5.10 Å². The molecule has 146 valence electrons. The van der Waals surface area contributed by atoms with Crippen molar-refractivity contribution in [3.05, 3.63) is 22.3 Å². The molecule has 0 aliphatic carbocycles. The van der Waals surface area contributed by atoms with E-state index < -0.39 is 6.09 Å². The molecular formula is C17H24N6O3S. The fourth-order valence-electron chi connectivity index (χ4n) is 3.27. The summed E-state index contributed by atoms with van der Waals surface area (Å²) < 4.78 is 0. The molecule has 1 fully saturated rings. The third kappa shape index (κ3) is 4.83. The van der Waals surface area contributed by atoms with Crippen molar-refractivity contribution < 1.29 is 14.7 Å². The van der Waals surface area contributed by atoms with E-state index in [0.29, 0.717) is 17.5 Å². The molecule has 27 heavy (non-hydrogen) atoms. The summed E-state index contributed by atoms with van der Waals surface area (Å²) in [4.78, 5) is 31.2.